The zero-order valence-corrected chi connectivity index (χ0v) is 13.7. The molecule has 0 aliphatic rings. The van der Waals surface area contributed by atoms with E-state index in [0.29, 0.717) is 10.2 Å². The molecular weight excluding hydrogens is 344 g/mol. The molecule has 0 radical (unpaired) electrons. The Labute approximate surface area is 130 Å². The van der Waals surface area contributed by atoms with Crippen molar-refractivity contribution >= 4 is 45.4 Å². The molecule has 7 heteroatoms. The Kier molecular flexibility index (Phi) is 6.87. The fourth-order valence-corrected chi connectivity index (χ4v) is 2.58. The van der Waals surface area contributed by atoms with Gasteiger partial charge >= 0.3 is 12.0 Å². The van der Waals surface area contributed by atoms with Crippen LogP contribution < -0.4 is 10.6 Å². The highest BCUT2D eigenvalue weighted by Gasteiger charge is 2.11. The fourth-order valence-electron chi connectivity index (χ4n) is 1.49. The molecule has 2 amide bonds. The molecule has 0 aliphatic heterocycles. The Hall–Kier alpha value is -1.21. The van der Waals surface area contributed by atoms with Gasteiger partial charge in [0.2, 0.25) is 0 Å². The highest BCUT2D eigenvalue weighted by atomic mass is 79.9. The Morgan fingerprint density at radius 3 is 2.75 bits per heavy atom. The first kappa shape index (κ1) is 16.8. The van der Waals surface area contributed by atoms with E-state index in [4.69, 9.17) is 5.11 Å². The van der Waals surface area contributed by atoms with Gasteiger partial charge in [-0.3, -0.25) is 0 Å². The molecule has 1 aromatic carbocycles. The van der Waals surface area contributed by atoms with Gasteiger partial charge in [0, 0.05) is 22.0 Å². The van der Waals surface area contributed by atoms with E-state index in [0.717, 1.165) is 11.5 Å². The monoisotopic (exact) mass is 360 g/mol. The summed E-state index contributed by atoms with van der Waals surface area (Å²) in [6.07, 6.45) is 0. The summed E-state index contributed by atoms with van der Waals surface area (Å²) in [6.45, 7) is 3.99. The third kappa shape index (κ3) is 5.42. The van der Waals surface area contributed by atoms with E-state index in [1.54, 1.807) is 23.9 Å². The zero-order valence-electron chi connectivity index (χ0n) is 11.3. The summed E-state index contributed by atoms with van der Waals surface area (Å²) in [5.74, 6) is 0.793. The predicted molar refractivity (Wildman–Crippen MR) is 85.7 cm³/mol. The number of hydrogen-bond donors (Lipinski definition) is 3. The van der Waals surface area contributed by atoms with Gasteiger partial charge < -0.3 is 15.7 Å². The first-order chi connectivity index (χ1) is 9.43. The summed E-state index contributed by atoms with van der Waals surface area (Å²) in [6, 6.07) is 4.36. The van der Waals surface area contributed by atoms with Gasteiger partial charge in [-0.15, -0.1) is 0 Å². The number of carbonyl (C=O) groups is 2. The Morgan fingerprint density at radius 1 is 1.45 bits per heavy atom. The molecule has 0 aliphatic carbocycles. The lowest BCUT2D eigenvalue weighted by atomic mass is 10.2. The molecule has 0 saturated carbocycles. The number of urea groups is 1. The number of hydrogen-bond acceptors (Lipinski definition) is 3. The lowest BCUT2D eigenvalue weighted by Crippen LogP contribution is -2.37. The quantitative estimate of drug-likeness (QED) is 0.726. The lowest BCUT2D eigenvalue weighted by molar-refractivity contribution is 0.0696. The average Bonchev–Trinajstić information content (AvgIpc) is 2.38. The average molecular weight is 361 g/mol. The van der Waals surface area contributed by atoms with Crippen molar-refractivity contribution in [2.24, 2.45) is 0 Å². The summed E-state index contributed by atoms with van der Waals surface area (Å²) >= 11 is 4.90. The molecule has 1 aromatic rings. The molecule has 0 saturated heterocycles. The normalized spacial score (nSPS) is 11.8. The van der Waals surface area contributed by atoms with E-state index in [2.05, 4.69) is 33.5 Å². The third-order valence-electron chi connectivity index (χ3n) is 2.40. The van der Waals surface area contributed by atoms with Crippen LogP contribution in [0.1, 0.15) is 24.2 Å². The number of carboxylic acid groups (broad SMARTS) is 1. The number of anilines is 1. The van der Waals surface area contributed by atoms with E-state index in [9.17, 15) is 9.59 Å². The first-order valence-electron chi connectivity index (χ1n) is 6.12. The van der Waals surface area contributed by atoms with Crippen LogP contribution in [0.5, 0.6) is 0 Å². The molecule has 0 bridgehead atoms. The molecule has 1 atom stereocenters. The SMILES string of the molecule is CCSCC(C)NC(=O)Nc1ccc(Br)c(C(=O)O)c1. The first-order valence-corrected chi connectivity index (χ1v) is 8.07. The van der Waals surface area contributed by atoms with E-state index in [1.165, 1.54) is 6.07 Å². The van der Waals surface area contributed by atoms with Crippen LogP contribution in [0.15, 0.2) is 22.7 Å². The number of amides is 2. The van der Waals surface area contributed by atoms with E-state index >= 15 is 0 Å². The van der Waals surface area contributed by atoms with Crippen LogP contribution in [0.4, 0.5) is 10.5 Å². The second-order valence-corrected chi connectivity index (χ2v) is 6.33. The Balaban J connectivity index is 2.62. The maximum absolute atomic E-state index is 11.8. The second-order valence-electron chi connectivity index (χ2n) is 4.16. The van der Waals surface area contributed by atoms with Crippen molar-refractivity contribution < 1.29 is 14.7 Å². The number of nitrogens with one attached hydrogen (secondary N) is 2. The molecule has 110 valence electrons. The van der Waals surface area contributed by atoms with Gasteiger partial charge in [0.25, 0.3) is 0 Å². The van der Waals surface area contributed by atoms with Gasteiger partial charge in [0.05, 0.1) is 5.56 Å². The molecule has 0 fully saturated rings. The molecule has 0 aromatic heterocycles. The molecule has 3 N–H and O–H groups in total. The topological polar surface area (TPSA) is 78.4 Å². The van der Waals surface area contributed by atoms with Crippen molar-refractivity contribution in [2.75, 3.05) is 16.8 Å². The van der Waals surface area contributed by atoms with E-state index in [1.807, 2.05) is 6.92 Å². The number of carbonyl (C=O) groups excluding carboxylic acids is 1. The third-order valence-corrected chi connectivity index (χ3v) is 4.24. The molecule has 20 heavy (non-hydrogen) atoms. The number of carboxylic acids is 1. The zero-order chi connectivity index (χ0) is 15.1. The smallest absolute Gasteiger partial charge is 0.336 e. The Bertz CT molecular complexity index is 497. The maximum atomic E-state index is 11.8. The summed E-state index contributed by atoms with van der Waals surface area (Å²) in [7, 11) is 0. The summed E-state index contributed by atoms with van der Waals surface area (Å²) in [5.41, 5.74) is 0.552. The van der Waals surface area contributed by atoms with E-state index in [-0.39, 0.29) is 17.6 Å². The van der Waals surface area contributed by atoms with Crippen LogP contribution in [0.3, 0.4) is 0 Å². The maximum Gasteiger partial charge on any atom is 0.336 e. The van der Waals surface area contributed by atoms with Crippen molar-refractivity contribution in [2.45, 2.75) is 19.9 Å². The standard InChI is InChI=1S/C13H17BrN2O3S/c1-3-20-7-8(2)15-13(19)16-9-4-5-11(14)10(6-9)12(17)18/h4-6,8H,3,7H2,1-2H3,(H,17,18)(H2,15,16,19). The minimum absolute atomic E-state index is 0.0503. The van der Waals surface area contributed by atoms with Crippen LogP contribution in [0.2, 0.25) is 0 Å². The second kappa shape index (κ2) is 8.16. The lowest BCUT2D eigenvalue weighted by Gasteiger charge is -2.14. The molecule has 0 spiro atoms. The number of aromatic carboxylic acids is 1. The molecule has 1 unspecified atom stereocenters. The van der Waals surface area contributed by atoms with Crippen molar-refractivity contribution in [3.63, 3.8) is 0 Å². The van der Waals surface area contributed by atoms with Gasteiger partial charge in [-0.05, 0) is 46.8 Å². The van der Waals surface area contributed by atoms with Crippen LogP contribution in [0.25, 0.3) is 0 Å². The van der Waals surface area contributed by atoms with Gasteiger partial charge in [0.1, 0.15) is 0 Å². The van der Waals surface area contributed by atoms with Gasteiger partial charge in [-0.25, -0.2) is 9.59 Å². The van der Waals surface area contributed by atoms with Crippen molar-refractivity contribution in [3.05, 3.63) is 28.2 Å². The minimum Gasteiger partial charge on any atom is -0.478 e. The van der Waals surface area contributed by atoms with E-state index < -0.39 is 5.97 Å². The molecule has 5 nitrogen and oxygen atoms in total. The van der Waals surface area contributed by atoms with Crippen LogP contribution >= 0.6 is 27.7 Å². The molecule has 0 heterocycles. The van der Waals surface area contributed by atoms with Gasteiger partial charge in [-0.1, -0.05) is 6.92 Å². The summed E-state index contributed by atoms with van der Waals surface area (Å²) < 4.78 is 0.476. The number of halogens is 1. The summed E-state index contributed by atoms with van der Waals surface area (Å²) in [5, 5.41) is 14.4. The number of thioether (sulfide) groups is 1. The molecule has 1 rings (SSSR count). The van der Waals surface area contributed by atoms with Crippen LogP contribution in [0, 0.1) is 0 Å². The number of rotatable bonds is 6. The summed E-state index contributed by atoms with van der Waals surface area (Å²) in [4.78, 5) is 22.8. The molecular formula is C13H17BrN2O3S. The van der Waals surface area contributed by atoms with Gasteiger partial charge in [0.15, 0.2) is 0 Å². The minimum atomic E-state index is -1.05. The fraction of sp³-hybridized carbons (Fsp3) is 0.385. The van der Waals surface area contributed by atoms with Gasteiger partial charge in [-0.2, -0.15) is 11.8 Å². The van der Waals surface area contributed by atoms with Crippen molar-refractivity contribution in [3.8, 4) is 0 Å². The van der Waals surface area contributed by atoms with Crippen molar-refractivity contribution in [1.29, 1.82) is 0 Å². The predicted octanol–water partition coefficient (Wildman–Crippen LogP) is 3.41. The largest absolute Gasteiger partial charge is 0.478 e. The van der Waals surface area contributed by atoms with Crippen LogP contribution in [-0.2, 0) is 0 Å². The van der Waals surface area contributed by atoms with Crippen LogP contribution in [-0.4, -0.2) is 34.7 Å². The Morgan fingerprint density at radius 2 is 2.15 bits per heavy atom. The highest BCUT2D eigenvalue weighted by molar-refractivity contribution is 9.10. The number of benzene rings is 1. The van der Waals surface area contributed by atoms with Crippen molar-refractivity contribution in [1.82, 2.24) is 5.32 Å². The highest BCUT2D eigenvalue weighted by Crippen LogP contribution is 2.21.